The number of amides is 2. The van der Waals surface area contributed by atoms with E-state index in [-0.39, 0.29) is 23.6 Å². The van der Waals surface area contributed by atoms with Crippen LogP contribution in [0.25, 0.3) is 0 Å². The molecule has 0 saturated heterocycles. The van der Waals surface area contributed by atoms with Gasteiger partial charge in [0.2, 0.25) is 11.8 Å². The normalized spacial score (nSPS) is 12.8. The molecule has 0 radical (unpaired) electrons. The first-order valence-electron chi connectivity index (χ1n) is 10.1. The van der Waals surface area contributed by atoms with Crippen molar-refractivity contribution in [3.8, 4) is 0 Å². The molecule has 0 aliphatic carbocycles. The fraction of sp³-hybridized carbons (Fsp3) is 0.391. The van der Waals surface area contributed by atoms with Gasteiger partial charge in [0.1, 0.15) is 6.04 Å². The van der Waals surface area contributed by atoms with Crippen molar-refractivity contribution >= 4 is 58.4 Å². The van der Waals surface area contributed by atoms with Crippen molar-refractivity contribution in [1.82, 2.24) is 10.2 Å². The second-order valence-corrected chi connectivity index (χ2v) is 9.64. The van der Waals surface area contributed by atoms with Crippen LogP contribution in [0.5, 0.6) is 0 Å². The number of nitrogens with one attached hydrogen (secondary N) is 1. The Bertz CT molecular complexity index is 910. The number of hydrogen-bond donors (Lipinski definition) is 1. The minimum absolute atomic E-state index is 0.0412. The minimum atomic E-state index is -0.611. The van der Waals surface area contributed by atoms with Crippen molar-refractivity contribution in [2.45, 2.75) is 51.6 Å². The van der Waals surface area contributed by atoms with Gasteiger partial charge in [-0.25, -0.2) is 0 Å². The number of benzene rings is 2. The van der Waals surface area contributed by atoms with Crippen LogP contribution in [-0.2, 0) is 21.9 Å². The Kier molecular flexibility index (Phi) is 10.5. The van der Waals surface area contributed by atoms with Crippen molar-refractivity contribution in [3.05, 3.63) is 68.7 Å². The number of halogens is 3. The van der Waals surface area contributed by atoms with Gasteiger partial charge < -0.3 is 10.2 Å². The van der Waals surface area contributed by atoms with Crippen LogP contribution in [0.4, 0.5) is 0 Å². The smallest absolute Gasteiger partial charge is 0.242 e. The van der Waals surface area contributed by atoms with Crippen LogP contribution < -0.4 is 5.32 Å². The number of rotatable bonds is 10. The molecule has 31 heavy (non-hydrogen) atoms. The molecule has 0 bridgehead atoms. The first kappa shape index (κ1) is 25.9. The summed E-state index contributed by atoms with van der Waals surface area (Å²) in [4.78, 5) is 27.4. The summed E-state index contributed by atoms with van der Waals surface area (Å²) < 4.78 is 0. The Morgan fingerprint density at radius 3 is 2.42 bits per heavy atom. The topological polar surface area (TPSA) is 49.4 Å². The van der Waals surface area contributed by atoms with Crippen LogP contribution in [0.3, 0.4) is 0 Å². The van der Waals surface area contributed by atoms with Crippen LogP contribution in [0, 0.1) is 0 Å². The van der Waals surface area contributed by atoms with E-state index in [9.17, 15) is 9.59 Å². The monoisotopic (exact) mass is 500 g/mol. The standard InChI is InChI=1S/C23H27Cl3N2O2S/c1-4-15(2)27-23(30)16(3)28(12-17-6-5-7-19(24)10-17)22(29)14-31-13-18-8-9-20(25)11-21(18)26/h5-11,15-16H,4,12-14H2,1-3H3,(H,27,30)/t15-,16-/m0/s1. The Morgan fingerprint density at radius 1 is 1.06 bits per heavy atom. The summed E-state index contributed by atoms with van der Waals surface area (Å²) in [5, 5.41) is 4.70. The average molecular weight is 502 g/mol. The van der Waals surface area contributed by atoms with E-state index in [2.05, 4.69) is 5.32 Å². The lowest BCUT2D eigenvalue weighted by molar-refractivity contribution is -0.138. The molecule has 2 amide bonds. The van der Waals surface area contributed by atoms with Gasteiger partial charge in [-0.05, 0) is 55.7 Å². The molecular weight excluding hydrogens is 475 g/mol. The van der Waals surface area contributed by atoms with Gasteiger partial charge in [0, 0.05) is 33.4 Å². The third-order valence-electron chi connectivity index (χ3n) is 4.91. The average Bonchev–Trinajstić information content (AvgIpc) is 2.72. The van der Waals surface area contributed by atoms with E-state index < -0.39 is 6.04 Å². The molecule has 0 spiro atoms. The Hall–Kier alpha value is -1.40. The SMILES string of the molecule is CC[C@H](C)NC(=O)[C@H](C)N(Cc1cccc(Cl)c1)C(=O)CSCc1ccc(Cl)cc1Cl. The first-order valence-corrected chi connectivity index (χ1v) is 12.4. The van der Waals surface area contributed by atoms with E-state index in [1.54, 1.807) is 30.0 Å². The molecule has 1 N–H and O–H groups in total. The van der Waals surface area contributed by atoms with Crippen LogP contribution >= 0.6 is 46.6 Å². The highest BCUT2D eigenvalue weighted by Gasteiger charge is 2.26. The molecule has 0 fully saturated rings. The summed E-state index contributed by atoms with van der Waals surface area (Å²) in [5.41, 5.74) is 1.78. The maximum absolute atomic E-state index is 13.1. The zero-order chi connectivity index (χ0) is 23.0. The van der Waals surface area contributed by atoms with E-state index in [0.29, 0.717) is 27.4 Å². The molecule has 2 atom stereocenters. The van der Waals surface area contributed by atoms with Gasteiger partial charge in [0.25, 0.3) is 0 Å². The lowest BCUT2D eigenvalue weighted by Gasteiger charge is -2.29. The molecule has 0 unspecified atom stereocenters. The van der Waals surface area contributed by atoms with Gasteiger partial charge in [0.05, 0.1) is 5.75 Å². The maximum Gasteiger partial charge on any atom is 0.242 e. The second kappa shape index (κ2) is 12.6. The quantitative estimate of drug-likeness (QED) is 0.421. The van der Waals surface area contributed by atoms with Gasteiger partial charge >= 0.3 is 0 Å². The van der Waals surface area contributed by atoms with Gasteiger partial charge in [-0.3, -0.25) is 9.59 Å². The number of nitrogens with zero attached hydrogens (tertiary/aromatic N) is 1. The molecule has 2 aromatic rings. The third-order valence-corrected chi connectivity index (χ3v) is 6.70. The lowest BCUT2D eigenvalue weighted by Crippen LogP contribution is -2.50. The Morgan fingerprint density at radius 2 is 1.77 bits per heavy atom. The van der Waals surface area contributed by atoms with Gasteiger partial charge in [0.15, 0.2) is 0 Å². The summed E-state index contributed by atoms with van der Waals surface area (Å²) in [7, 11) is 0. The van der Waals surface area contributed by atoms with Gasteiger partial charge in [-0.15, -0.1) is 11.8 Å². The third kappa shape index (κ3) is 8.23. The predicted molar refractivity (Wildman–Crippen MR) is 132 cm³/mol. The fourth-order valence-corrected chi connectivity index (χ4v) is 4.53. The zero-order valence-electron chi connectivity index (χ0n) is 17.8. The van der Waals surface area contributed by atoms with Gasteiger partial charge in [-0.1, -0.05) is 59.9 Å². The van der Waals surface area contributed by atoms with Crippen LogP contribution in [0.2, 0.25) is 15.1 Å². The summed E-state index contributed by atoms with van der Waals surface area (Å²) in [6, 6.07) is 12.1. The number of carbonyl (C=O) groups is 2. The van der Waals surface area contributed by atoms with E-state index >= 15 is 0 Å². The van der Waals surface area contributed by atoms with Crippen molar-refractivity contribution in [2.24, 2.45) is 0 Å². The highest BCUT2D eigenvalue weighted by Crippen LogP contribution is 2.25. The predicted octanol–water partition coefficient (Wildman–Crippen LogP) is 6.21. The molecule has 168 valence electrons. The van der Waals surface area contributed by atoms with Crippen molar-refractivity contribution in [3.63, 3.8) is 0 Å². The number of carbonyl (C=O) groups excluding carboxylic acids is 2. The molecule has 0 aliphatic heterocycles. The summed E-state index contributed by atoms with van der Waals surface area (Å²) in [5.74, 6) is 0.498. The fourth-order valence-electron chi connectivity index (χ4n) is 2.85. The zero-order valence-corrected chi connectivity index (χ0v) is 20.9. The number of thioether (sulfide) groups is 1. The van der Waals surface area contributed by atoms with Crippen LogP contribution in [0.15, 0.2) is 42.5 Å². The van der Waals surface area contributed by atoms with Crippen molar-refractivity contribution in [2.75, 3.05) is 5.75 Å². The summed E-state index contributed by atoms with van der Waals surface area (Å²) in [6.07, 6.45) is 0.818. The van der Waals surface area contributed by atoms with E-state index in [1.807, 2.05) is 38.1 Å². The Balaban J connectivity index is 2.10. The van der Waals surface area contributed by atoms with E-state index in [1.165, 1.54) is 11.8 Å². The molecule has 0 aliphatic rings. The van der Waals surface area contributed by atoms with E-state index in [0.717, 1.165) is 17.5 Å². The molecule has 2 rings (SSSR count). The first-order chi connectivity index (χ1) is 14.7. The highest BCUT2D eigenvalue weighted by molar-refractivity contribution is 7.99. The maximum atomic E-state index is 13.1. The highest BCUT2D eigenvalue weighted by atomic mass is 35.5. The summed E-state index contributed by atoms with van der Waals surface area (Å²) >= 11 is 19.7. The molecule has 0 heterocycles. The largest absolute Gasteiger partial charge is 0.352 e. The minimum Gasteiger partial charge on any atom is -0.352 e. The van der Waals surface area contributed by atoms with Crippen molar-refractivity contribution in [1.29, 1.82) is 0 Å². The summed E-state index contributed by atoms with van der Waals surface area (Å²) in [6.45, 7) is 6.00. The molecule has 4 nitrogen and oxygen atoms in total. The lowest BCUT2D eigenvalue weighted by atomic mass is 10.1. The van der Waals surface area contributed by atoms with E-state index in [4.69, 9.17) is 34.8 Å². The molecular formula is C23H27Cl3N2O2S. The second-order valence-electron chi connectivity index (χ2n) is 7.37. The van der Waals surface area contributed by atoms with Crippen LogP contribution in [0.1, 0.15) is 38.3 Å². The molecule has 8 heteroatoms. The Labute approximate surface area is 203 Å². The number of hydrogen-bond acceptors (Lipinski definition) is 3. The molecule has 2 aromatic carbocycles. The van der Waals surface area contributed by atoms with Crippen molar-refractivity contribution < 1.29 is 9.59 Å². The van der Waals surface area contributed by atoms with Crippen LogP contribution in [-0.4, -0.2) is 34.6 Å². The molecule has 0 aromatic heterocycles. The molecule has 0 saturated carbocycles. The van der Waals surface area contributed by atoms with Gasteiger partial charge in [-0.2, -0.15) is 0 Å².